The second-order valence-electron chi connectivity index (χ2n) is 11.4. The molecular weight excluding hydrogens is 778 g/mol. The van der Waals surface area contributed by atoms with Gasteiger partial charge in [0.2, 0.25) is 11.8 Å². The number of carboxylic acid groups (broad SMARTS) is 1. The predicted molar refractivity (Wildman–Crippen MR) is 205 cm³/mol. The van der Waals surface area contributed by atoms with Crippen molar-refractivity contribution in [2.24, 2.45) is 5.73 Å². The van der Waals surface area contributed by atoms with Gasteiger partial charge in [-0.3, -0.25) is 9.59 Å². The Bertz CT molecular complexity index is 884. The molecule has 344 valence electrons. The summed E-state index contributed by atoms with van der Waals surface area (Å²) in [5, 5.41) is 13.9. The molecule has 0 unspecified atom stereocenters. The van der Waals surface area contributed by atoms with E-state index in [1.807, 2.05) is 0 Å². The second-order valence-corrected chi connectivity index (χ2v) is 11.4. The van der Waals surface area contributed by atoms with Crippen molar-refractivity contribution in [3.8, 4) is 0 Å². The number of nitrogens with one attached hydrogen (secondary N) is 2. The minimum atomic E-state index is -1.01. The van der Waals surface area contributed by atoms with Gasteiger partial charge in [0.15, 0.2) is 0 Å². The molecule has 0 radical (unpaired) electrons. The first-order chi connectivity index (χ1) is 28.6. The molecule has 0 aromatic carbocycles. The maximum Gasteiger partial charge on any atom is 0.329 e. The maximum atomic E-state index is 11.8. The number of amides is 2. The molecule has 0 aliphatic rings. The van der Waals surface area contributed by atoms with Crippen molar-refractivity contribution in [3.63, 3.8) is 0 Å². The van der Waals surface area contributed by atoms with Gasteiger partial charge in [-0.15, -0.1) is 0 Å². The summed E-state index contributed by atoms with van der Waals surface area (Å²) in [5.41, 5.74) is 5.33. The Morgan fingerprint density at radius 1 is 0.310 bits per heavy atom. The first-order valence-corrected chi connectivity index (χ1v) is 19.7. The van der Waals surface area contributed by atoms with Crippen LogP contribution in [-0.4, -0.2) is 241 Å². The molecule has 0 fully saturated rings. The van der Waals surface area contributed by atoms with Crippen LogP contribution >= 0.6 is 0 Å². The molecule has 0 saturated heterocycles. The molecule has 0 heterocycles. The molecule has 0 saturated carbocycles. The normalized spacial score (nSPS) is 11.3. The third-order valence-corrected chi connectivity index (χ3v) is 6.56. The van der Waals surface area contributed by atoms with Crippen LogP contribution in [0.5, 0.6) is 0 Å². The van der Waals surface area contributed by atoms with Crippen molar-refractivity contribution in [1.82, 2.24) is 10.6 Å². The summed E-state index contributed by atoms with van der Waals surface area (Å²) in [6, 6.07) is 0. The molecule has 0 aliphatic heterocycles. The smallest absolute Gasteiger partial charge is 0.329 e. The predicted octanol–water partition coefficient (Wildman–Crippen LogP) is -2.49. The van der Waals surface area contributed by atoms with E-state index in [0.717, 1.165) is 0 Å². The molecule has 0 rings (SSSR count). The highest BCUT2D eigenvalue weighted by atomic mass is 16.6. The molecule has 5 N–H and O–H groups in total. The minimum Gasteiger partial charge on any atom is -0.480 e. The highest BCUT2D eigenvalue weighted by Crippen LogP contribution is 1.88. The zero-order valence-corrected chi connectivity index (χ0v) is 34.2. The summed E-state index contributed by atoms with van der Waals surface area (Å²) < 4.78 is 79.9. The Balaban J connectivity index is 3.21. The minimum absolute atomic E-state index is 0.0534. The fourth-order valence-electron chi connectivity index (χ4n) is 3.84. The SMILES string of the molecule is NCCOCCOCCOCCOCCOCC(=O)NCCOCCOCCOCCOCCOCC(=O)NCCOCCOCCOCCOCCOCC(=O)O. The Hall–Kier alpha value is -2.23. The van der Waals surface area contributed by atoms with E-state index in [1.165, 1.54) is 0 Å². The summed E-state index contributed by atoms with van der Waals surface area (Å²) in [6.07, 6.45) is 0. The summed E-state index contributed by atoms with van der Waals surface area (Å²) in [5.74, 6) is -1.49. The zero-order chi connectivity index (χ0) is 42.1. The number of ether oxygens (including phenoxy) is 15. The van der Waals surface area contributed by atoms with Crippen molar-refractivity contribution in [2.75, 3.05) is 218 Å². The molecule has 22 heteroatoms. The number of aliphatic carboxylic acids is 1. The van der Waals surface area contributed by atoms with E-state index >= 15 is 0 Å². The van der Waals surface area contributed by atoms with Gasteiger partial charge in [-0.1, -0.05) is 0 Å². The molecule has 0 aliphatic carbocycles. The second kappa shape index (κ2) is 49.1. The number of rotatable bonds is 50. The lowest BCUT2D eigenvalue weighted by molar-refractivity contribution is -0.142. The third kappa shape index (κ3) is 49.9. The van der Waals surface area contributed by atoms with Crippen molar-refractivity contribution < 1.29 is 90.5 Å². The van der Waals surface area contributed by atoms with Crippen molar-refractivity contribution in [2.45, 2.75) is 0 Å². The lowest BCUT2D eigenvalue weighted by atomic mass is 10.6. The van der Waals surface area contributed by atoms with Gasteiger partial charge in [0.05, 0.1) is 178 Å². The summed E-state index contributed by atoms with van der Waals surface area (Å²) in [6.45, 7) is 11.5. The Morgan fingerprint density at radius 3 is 0.759 bits per heavy atom. The topological polar surface area (TPSA) is 260 Å². The van der Waals surface area contributed by atoms with E-state index in [0.29, 0.717) is 185 Å². The van der Waals surface area contributed by atoms with Crippen LogP contribution < -0.4 is 16.4 Å². The lowest BCUT2D eigenvalue weighted by Crippen LogP contribution is -2.31. The van der Waals surface area contributed by atoms with Crippen LogP contribution in [0.1, 0.15) is 0 Å². The van der Waals surface area contributed by atoms with Crippen molar-refractivity contribution >= 4 is 17.8 Å². The van der Waals surface area contributed by atoms with Gasteiger partial charge < -0.3 is 92.5 Å². The third-order valence-electron chi connectivity index (χ3n) is 6.56. The van der Waals surface area contributed by atoms with Crippen LogP contribution in [0, 0.1) is 0 Å². The number of hydrogen-bond acceptors (Lipinski definition) is 19. The zero-order valence-electron chi connectivity index (χ0n) is 34.2. The Morgan fingerprint density at radius 2 is 0.517 bits per heavy atom. The van der Waals surface area contributed by atoms with Gasteiger partial charge in [0.25, 0.3) is 0 Å². The van der Waals surface area contributed by atoms with E-state index < -0.39 is 5.97 Å². The largest absolute Gasteiger partial charge is 0.480 e. The molecule has 22 nitrogen and oxygen atoms in total. The average Bonchev–Trinajstić information content (AvgIpc) is 3.21. The Kier molecular flexibility index (Phi) is 47.2. The monoisotopic (exact) mass is 849 g/mol. The maximum absolute atomic E-state index is 11.8. The van der Waals surface area contributed by atoms with Gasteiger partial charge >= 0.3 is 5.97 Å². The highest BCUT2D eigenvalue weighted by Gasteiger charge is 2.03. The first kappa shape index (κ1) is 55.8. The van der Waals surface area contributed by atoms with E-state index in [1.54, 1.807) is 0 Å². The van der Waals surface area contributed by atoms with E-state index in [4.69, 9.17) is 81.9 Å². The molecule has 58 heavy (non-hydrogen) atoms. The first-order valence-electron chi connectivity index (χ1n) is 19.7. The number of carbonyl (C=O) groups excluding carboxylic acids is 2. The molecular formula is C36H71N3O19. The number of carboxylic acids is 1. The van der Waals surface area contributed by atoms with Gasteiger partial charge in [-0.05, 0) is 0 Å². The molecule has 0 bridgehead atoms. The van der Waals surface area contributed by atoms with Crippen molar-refractivity contribution in [1.29, 1.82) is 0 Å². The molecule has 0 atom stereocenters. The van der Waals surface area contributed by atoms with Gasteiger partial charge in [-0.2, -0.15) is 0 Å². The quantitative estimate of drug-likeness (QED) is 0.0462. The van der Waals surface area contributed by atoms with Crippen LogP contribution in [0.2, 0.25) is 0 Å². The molecule has 0 aromatic heterocycles. The highest BCUT2D eigenvalue weighted by molar-refractivity contribution is 5.77. The summed E-state index contributed by atoms with van der Waals surface area (Å²) in [4.78, 5) is 33.9. The van der Waals surface area contributed by atoms with Crippen LogP contribution in [0.4, 0.5) is 0 Å². The van der Waals surface area contributed by atoms with Crippen molar-refractivity contribution in [3.05, 3.63) is 0 Å². The Labute approximate surface area is 342 Å². The fourth-order valence-corrected chi connectivity index (χ4v) is 3.84. The molecule has 0 spiro atoms. The standard InChI is InChI=1S/C36H71N3O19/c37-1-4-44-7-10-47-13-16-50-19-22-53-25-28-56-31-34(40)38-2-5-45-8-11-48-14-17-51-20-23-54-26-29-57-32-35(41)39-3-6-46-9-12-49-15-18-52-21-24-55-27-30-58-33-36(42)43/h1-33,37H2,(H,38,40)(H,39,41)(H,42,43). The molecule has 0 aromatic rings. The van der Waals surface area contributed by atoms with E-state index in [9.17, 15) is 14.4 Å². The van der Waals surface area contributed by atoms with Gasteiger partial charge in [-0.25, -0.2) is 4.79 Å². The number of nitrogens with two attached hydrogens (primary N) is 1. The number of hydrogen-bond donors (Lipinski definition) is 4. The fraction of sp³-hybridized carbons (Fsp3) is 0.917. The average molecular weight is 850 g/mol. The van der Waals surface area contributed by atoms with E-state index in [2.05, 4.69) is 10.6 Å². The van der Waals surface area contributed by atoms with Crippen LogP contribution in [0.15, 0.2) is 0 Å². The van der Waals surface area contributed by atoms with E-state index in [-0.39, 0.29) is 44.8 Å². The molecule has 2 amide bonds. The van der Waals surface area contributed by atoms with Gasteiger partial charge in [0, 0.05) is 19.6 Å². The van der Waals surface area contributed by atoms with Gasteiger partial charge in [0.1, 0.15) is 19.8 Å². The summed E-state index contributed by atoms with van der Waals surface area (Å²) in [7, 11) is 0. The van der Waals surface area contributed by atoms with Crippen LogP contribution in [0.3, 0.4) is 0 Å². The summed E-state index contributed by atoms with van der Waals surface area (Å²) >= 11 is 0. The lowest BCUT2D eigenvalue weighted by Gasteiger charge is -2.09. The van der Waals surface area contributed by atoms with Crippen LogP contribution in [-0.2, 0) is 85.4 Å². The number of carbonyl (C=O) groups is 3. The van der Waals surface area contributed by atoms with Crippen LogP contribution in [0.25, 0.3) is 0 Å².